The van der Waals surface area contributed by atoms with Crippen LogP contribution in [-0.4, -0.2) is 49.3 Å². The molecule has 0 amide bonds. The summed E-state index contributed by atoms with van der Waals surface area (Å²) in [7, 11) is 0. The van der Waals surface area contributed by atoms with Gasteiger partial charge in [-0.15, -0.1) is 5.10 Å². The minimum absolute atomic E-state index is 0.0512. The van der Waals surface area contributed by atoms with Gasteiger partial charge in [0.2, 0.25) is 0 Å². The Balaban J connectivity index is 1.76. The van der Waals surface area contributed by atoms with Crippen molar-refractivity contribution in [3.05, 3.63) is 51.6 Å². The molecule has 1 aromatic carbocycles. The molecule has 34 heavy (non-hydrogen) atoms. The second kappa shape index (κ2) is 9.96. The molecule has 3 heterocycles. The highest BCUT2D eigenvalue weighted by Gasteiger charge is 2.35. The SMILES string of the molecule is CCC(C)(C)n1nnnc1[C@@H](C(C)C)N(Cc1cc2cc(C)ccc2[nH]c1=O)C[C@@H]1CCCO1. The number of tetrazole rings is 1. The number of H-pyrrole nitrogens is 1. The van der Waals surface area contributed by atoms with Crippen LogP contribution >= 0.6 is 0 Å². The minimum atomic E-state index is -0.209. The molecule has 0 bridgehead atoms. The van der Waals surface area contributed by atoms with E-state index in [1.807, 2.05) is 22.9 Å². The van der Waals surface area contributed by atoms with Gasteiger partial charge < -0.3 is 9.72 Å². The molecule has 2 atom stereocenters. The molecule has 3 aromatic rings. The van der Waals surface area contributed by atoms with Gasteiger partial charge in [0.15, 0.2) is 5.82 Å². The molecule has 1 fully saturated rings. The first-order chi connectivity index (χ1) is 16.2. The Kier molecular flexibility index (Phi) is 7.19. The number of fused-ring (bicyclic) bond motifs is 1. The second-order valence-electron chi connectivity index (χ2n) is 10.6. The molecule has 2 aromatic heterocycles. The Hall–Kier alpha value is -2.58. The summed E-state index contributed by atoms with van der Waals surface area (Å²) < 4.78 is 7.98. The fraction of sp³-hybridized carbons (Fsp3) is 0.615. The molecule has 4 rings (SSSR count). The van der Waals surface area contributed by atoms with Crippen LogP contribution in [0.25, 0.3) is 10.9 Å². The molecule has 184 valence electrons. The van der Waals surface area contributed by atoms with Crippen LogP contribution in [0.3, 0.4) is 0 Å². The first-order valence-corrected chi connectivity index (χ1v) is 12.5. The number of nitrogens with zero attached hydrogens (tertiary/aromatic N) is 5. The molecular weight excluding hydrogens is 428 g/mol. The van der Waals surface area contributed by atoms with Crippen LogP contribution in [0.15, 0.2) is 29.1 Å². The summed E-state index contributed by atoms with van der Waals surface area (Å²) in [6.07, 6.45) is 3.15. The highest BCUT2D eigenvalue weighted by atomic mass is 16.5. The van der Waals surface area contributed by atoms with Gasteiger partial charge in [0.05, 0.1) is 17.7 Å². The van der Waals surface area contributed by atoms with Gasteiger partial charge in [0.25, 0.3) is 5.56 Å². The van der Waals surface area contributed by atoms with E-state index in [9.17, 15) is 4.79 Å². The topological polar surface area (TPSA) is 88.9 Å². The Morgan fingerprint density at radius 3 is 2.76 bits per heavy atom. The first kappa shape index (κ1) is 24.5. The highest BCUT2D eigenvalue weighted by Crippen LogP contribution is 2.33. The van der Waals surface area contributed by atoms with Crippen molar-refractivity contribution in [2.24, 2.45) is 5.92 Å². The molecule has 0 unspecified atom stereocenters. The number of pyridine rings is 1. The number of aromatic nitrogens is 5. The van der Waals surface area contributed by atoms with Crippen LogP contribution in [0.5, 0.6) is 0 Å². The zero-order valence-electron chi connectivity index (χ0n) is 21.3. The molecule has 8 nitrogen and oxygen atoms in total. The molecule has 1 aliphatic heterocycles. The van der Waals surface area contributed by atoms with Gasteiger partial charge in [0, 0.05) is 30.8 Å². The monoisotopic (exact) mass is 466 g/mol. The van der Waals surface area contributed by atoms with Crippen LogP contribution in [0.4, 0.5) is 0 Å². The lowest BCUT2D eigenvalue weighted by molar-refractivity contribution is 0.0368. The van der Waals surface area contributed by atoms with Gasteiger partial charge in [-0.1, -0.05) is 32.4 Å². The molecule has 0 aliphatic carbocycles. The average molecular weight is 467 g/mol. The number of nitrogens with one attached hydrogen (secondary N) is 1. The summed E-state index contributed by atoms with van der Waals surface area (Å²) in [5.41, 5.74) is 2.52. The number of benzene rings is 1. The van der Waals surface area contributed by atoms with Crippen molar-refractivity contribution in [3.8, 4) is 0 Å². The lowest BCUT2D eigenvalue weighted by Crippen LogP contribution is -2.41. The average Bonchev–Trinajstić information content (AvgIpc) is 3.47. The van der Waals surface area contributed by atoms with Crippen LogP contribution in [0, 0.1) is 12.8 Å². The summed E-state index contributed by atoms with van der Waals surface area (Å²) >= 11 is 0. The Labute approximate surface area is 201 Å². The Morgan fingerprint density at radius 1 is 1.29 bits per heavy atom. The largest absolute Gasteiger partial charge is 0.377 e. The zero-order valence-corrected chi connectivity index (χ0v) is 21.3. The molecule has 0 radical (unpaired) electrons. The van der Waals surface area contributed by atoms with Gasteiger partial charge in [0.1, 0.15) is 0 Å². The van der Waals surface area contributed by atoms with E-state index in [2.05, 4.69) is 73.0 Å². The maximum Gasteiger partial charge on any atom is 0.252 e. The summed E-state index contributed by atoms with van der Waals surface area (Å²) in [5, 5.41) is 14.0. The van der Waals surface area contributed by atoms with Gasteiger partial charge in [-0.25, -0.2) is 4.68 Å². The van der Waals surface area contributed by atoms with Crippen molar-refractivity contribution < 1.29 is 4.74 Å². The standard InChI is InChI=1S/C26H38N6O2/c1-7-26(5,6)32-24(28-29-30-32)23(17(2)3)31(16-21-9-8-12-34-21)15-20-14-19-13-18(4)10-11-22(19)27-25(20)33/h10-11,13-14,17,21,23H,7-9,12,15-16H2,1-6H3,(H,27,33)/t21-,23+/m0/s1. The van der Waals surface area contributed by atoms with E-state index in [1.165, 1.54) is 5.56 Å². The van der Waals surface area contributed by atoms with E-state index in [0.717, 1.165) is 54.7 Å². The van der Waals surface area contributed by atoms with Gasteiger partial charge in [-0.2, -0.15) is 0 Å². The Morgan fingerprint density at radius 2 is 2.09 bits per heavy atom. The normalized spacial score (nSPS) is 17.8. The molecular formula is C26H38N6O2. The number of ether oxygens (including phenoxy) is 1. The third kappa shape index (κ3) is 5.08. The summed E-state index contributed by atoms with van der Waals surface area (Å²) in [4.78, 5) is 18.5. The van der Waals surface area contributed by atoms with Crippen molar-refractivity contribution in [1.82, 2.24) is 30.1 Å². The van der Waals surface area contributed by atoms with Crippen LogP contribution in [0.1, 0.15) is 76.9 Å². The second-order valence-corrected chi connectivity index (χ2v) is 10.6. The number of aromatic amines is 1. The van der Waals surface area contributed by atoms with Crippen molar-refractivity contribution in [2.45, 2.75) is 85.0 Å². The quantitative estimate of drug-likeness (QED) is 0.504. The molecule has 0 spiro atoms. The van der Waals surface area contributed by atoms with Crippen molar-refractivity contribution >= 4 is 10.9 Å². The van der Waals surface area contributed by atoms with Gasteiger partial charge >= 0.3 is 0 Å². The highest BCUT2D eigenvalue weighted by molar-refractivity contribution is 5.79. The number of rotatable bonds is 9. The predicted molar refractivity (Wildman–Crippen MR) is 134 cm³/mol. The minimum Gasteiger partial charge on any atom is -0.377 e. The molecule has 8 heteroatoms. The molecule has 1 saturated heterocycles. The third-order valence-electron chi connectivity index (χ3n) is 7.13. The fourth-order valence-electron chi connectivity index (χ4n) is 4.88. The lowest BCUT2D eigenvalue weighted by Gasteiger charge is -2.36. The molecule has 0 saturated carbocycles. The predicted octanol–water partition coefficient (Wildman–Crippen LogP) is 4.35. The van der Waals surface area contributed by atoms with E-state index in [-0.39, 0.29) is 29.2 Å². The summed E-state index contributed by atoms with van der Waals surface area (Å²) in [6, 6.07) is 8.07. The number of aryl methyl sites for hydroxylation is 1. The van der Waals surface area contributed by atoms with Crippen LogP contribution in [-0.2, 0) is 16.8 Å². The van der Waals surface area contributed by atoms with Crippen LogP contribution < -0.4 is 5.56 Å². The lowest BCUT2D eigenvalue weighted by atomic mass is 9.97. The van der Waals surface area contributed by atoms with Crippen molar-refractivity contribution in [1.29, 1.82) is 0 Å². The van der Waals surface area contributed by atoms with E-state index >= 15 is 0 Å². The zero-order chi connectivity index (χ0) is 24.5. The summed E-state index contributed by atoms with van der Waals surface area (Å²) in [5.74, 6) is 1.08. The maximum atomic E-state index is 13.1. The summed E-state index contributed by atoms with van der Waals surface area (Å²) in [6.45, 7) is 14.9. The molecule has 1 N–H and O–H groups in total. The number of hydrogen-bond donors (Lipinski definition) is 1. The molecule has 1 aliphatic rings. The number of hydrogen-bond acceptors (Lipinski definition) is 6. The van der Waals surface area contributed by atoms with Crippen molar-refractivity contribution in [2.75, 3.05) is 13.2 Å². The Bertz CT molecular complexity index is 1180. The first-order valence-electron chi connectivity index (χ1n) is 12.5. The van der Waals surface area contributed by atoms with E-state index < -0.39 is 0 Å². The van der Waals surface area contributed by atoms with E-state index in [4.69, 9.17) is 4.74 Å². The van der Waals surface area contributed by atoms with Gasteiger partial charge in [-0.05, 0) is 80.0 Å². The van der Waals surface area contributed by atoms with E-state index in [0.29, 0.717) is 6.54 Å². The van der Waals surface area contributed by atoms with Crippen molar-refractivity contribution in [3.63, 3.8) is 0 Å². The maximum absolute atomic E-state index is 13.1. The van der Waals surface area contributed by atoms with E-state index in [1.54, 1.807) is 0 Å². The van der Waals surface area contributed by atoms with Crippen LogP contribution in [0.2, 0.25) is 0 Å². The van der Waals surface area contributed by atoms with Gasteiger partial charge in [-0.3, -0.25) is 9.69 Å². The fourth-order valence-corrected chi connectivity index (χ4v) is 4.88. The smallest absolute Gasteiger partial charge is 0.252 e. The third-order valence-corrected chi connectivity index (χ3v) is 7.13.